The Balaban J connectivity index is 2.68. The van der Waals surface area contributed by atoms with Crippen molar-refractivity contribution in [1.29, 1.82) is 0 Å². The molecule has 0 amide bonds. The van der Waals surface area contributed by atoms with Crippen LogP contribution < -0.4 is 0 Å². The molecule has 0 bridgehead atoms. The molecular formula is C14H19F. The Morgan fingerprint density at radius 2 is 1.93 bits per heavy atom. The largest absolute Gasteiger partial charge is 0.212 e. The van der Waals surface area contributed by atoms with Crippen molar-refractivity contribution in [1.82, 2.24) is 0 Å². The summed E-state index contributed by atoms with van der Waals surface area (Å²) in [6.45, 7) is 5.89. The van der Waals surface area contributed by atoms with Gasteiger partial charge in [-0.15, -0.1) is 0 Å². The van der Waals surface area contributed by atoms with E-state index in [1.807, 2.05) is 0 Å². The van der Waals surface area contributed by atoms with Crippen LogP contribution in [0, 0.1) is 0 Å². The van der Waals surface area contributed by atoms with Gasteiger partial charge in [-0.1, -0.05) is 38.1 Å². The first-order valence-electron chi connectivity index (χ1n) is 5.54. The van der Waals surface area contributed by atoms with Crippen LogP contribution in [0.3, 0.4) is 0 Å². The Kier molecular flexibility index (Phi) is 4.54. The Hall–Kier alpha value is -1.11. The van der Waals surface area contributed by atoms with Crippen molar-refractivity contribution in [3.63, 3.8) is 0 Å². The maximum Gasteiger partial charge on any atom is 0.0932 e. The maximum absolute atomic E-state index is 12.5. The monoisotopic (exact) mass is 206 g/mol. The van der Waals surface area contributed by atoms with Crippen LogP contribution in [0.15, 0.2) is 36.2 Å². The molecule has 1 unspecified atom stereocenters. The fraction of sp³-hybridized carbons (Fsp3) is 0.429. The Labute approximate surface area is 91.8 Å². The van der Waals surface area contributed by atoms with E-state index >= 15 is 0 Å². The van der Waals surface area contributed by atoms with Gasteiger partial charge in [0.05, 0.1) is 5.83 Å². The van der Waals surface area contributed by atoms with Crippen LogP contribution in [-0.2, 0) is 6.42 Å². The lowest BCUT2D eigenvalue weighted by molar-refractivity contribution is 0.635. The van der Waals surface area contributed by atoms with E-state index in [0.29, 0.717) is 12.3 Å². The number of hydrogen-bond donors (Lipinski definition) is 0. The molecular weight excluding hydrogens is 187 g/mol. The van der Waals surface area contributed by atoms with Crippen molar-refractivity contribution in [2.24, 2.45) is 0 Å². The van der Waals surface area contributed by atoms with E-state index in [-0.39, 0.29) is 5.83 Å². The zero-order chi connectivity index (χ0) is 11.3. The second-order valence-corrected chi connectivity index (χ2v) is 4.05. The lowest BCUT2D eigenvalue weighted by atomic mass is 9.97. The summed E-state index contributed by atoms with van der Waals surface area (Å²) in [4.78, 5) is 0. The van der Waals surface area contributed by atoms with E-state index in [0.717, 1.165) is 6.42 Å². The molecule has 1 aromatic rings. The summed E-state index contributed by atoms with van der Waals surface area (Å²) in [6.07, 6.45) is 3.45. The first-order chi connectivity index (χ1) is 7.13. The predicted octanol–water partition coefficient (Wildman–Crippen LogP) is 4.62. The number of allylic oxidation sites excluding steroid dienone is 2. The smallest absolute Gasteiger partial charge is 0.0932 e. The van der Waals surface area contributed by atoms with Crippen LogP contribution >= 0.6 is 0 Å². The normalized spacial score (nSPS) is 14.0. The molecule has 1 rings (SSSR count). The molecule has 1 aromatic carbocycles. The molecule has 0 aromatic heterocycles. The molecule has 0 N–H and O–H groups in total. The van der Waals surface area contributed by atoms with Crippen LogP contribution in [0.2, 0.25) is 0 Å². The van der Waals surface area contributed by atoms with Gasteiger partial charge >= 0.3 is 0 Å². The number of benzene rings is 1. The quantitative estimate of drug-likeness (QED) is 0.674. The standard InChI is InChI=1S/C14H19F/c1-4-11(2)14-9-7-13(8-10-14)6-5-12(3)15/h5,7-11H,4,6H2,1-3H3/b12-5+. The van der Waals surface area contributed by atoms with Crippen molar-refractivity contribution in [3.05, 3.63) is 47.3 Å². The Morgan fingerprint density at radius 1 is 1.33 bits per heavy atom. The lowest BCUT2D eigenvalue weighted by Crippen LogP contribution is -1.91. The summed E-state index contributed by atoms with van der Waals surface area (Å²) in [6, 6.07) is 8.46. The summed E-state index contributed by atoms with van der Waals surface area (Å²) in [5, 5.41) is 0. The third kappa shape index (κ3) is 3.86. The predicted molar refractivity (Wildman–Crippen MR) is 63.7 cm³/mol. The summed E-state index contributed by atoms with van der Waals surface area (Å²) in [5.41, 5.74) is 2.53. The minimum absolute atomic E-state index is 0.110. The molecule has 0 fully saturated rings. The third-order valence-electron chi connectivity index (χ3n) is 2.78. The van der Waals surface area contributed by atoms with Gasteiger partial charge in [0.25, 0.3) is 0 Å². The van der Waals surface area contributed by atoms with Gasteiger partial charge < -0.3 is 0 Å². The minimum Gasteiger partial charge on any atom is -0.212 e. The molecule has 0 aliphatic heterocycles. The zero-order valence-electron chi connectivity index (χ0n) is 9.76. The average molecular weight is 206 g/mol. The van der Waals surface area contributed by atoms with Gasteiger partial charge in [0.15, 0.2) is 0 Å². The molecule has 0 saturated heterocycles. The van der Waals surface area contributed by atoms with Gasteiger partial charge in [0.2, 0.25) is 0 Å². The van der Waals surface area contributed by atoms with Crippen molar-refractivity contribution >= 4 is 0 Å². The van der Waals surface area contributed by atoms with Gasteiger partial charge in [0, 0.05) is 0 Å². The Morgan fingerprint density at radius 3 is 2.40 bits per heavy atom. The van der Waals surface area contributed by atoms with Crippen molar-refractivity contribution in [3.8, 4) is 0 Å². The molecule has 0 aliphatic carbocycles. The van der Waals surface area contributed by atoms with E-state index in [9.17, 15) is 4.39 Å². The van der Waals surface area contributed by atoms with E-state index in [1.165, 1.54) is 18.1 Å². The second kappa shape index (κ2) is 5.69. The number of rotatable bonds is 4. The highest BCUT2D eigenvalue weighted by atomic mass is 19.1. The molecule has 1 heteroatoms. The van der Waals surface area contributed by atoms with Crippen LogP contribution in [0.1, 0.15) is 44.2 Å². The molecule has 0 nitrogen and oxygen atoms in total. The van der Waals surface area contributed by atoms with E-state index < -0.39 is 0 Å². The Bertz CT molecular complexity index is 318. The fourth-order valence-corrected chi connectivity index (χ4v) is 1.48. The van der Waals surface area contributed by atoms with Crippen molar-refractivity contribution in [2.75, 3.05) is 0 Å². The zero-order valence-corrected chi connectivity index (χ0v) is 9.76. The highest BCUT2D eigenvalue weighted by molar-refractivity contribution is 5.26. The summed E-state index contributed by atoms with van der Waals surface area (Å²) < 4.78 is 12.5. The number of hydrogen-bond acceptors (Lipinski definition) is 0. The fourth-order valence-electron chi connectivity index (χ4n) is 1.48. The van der Waals surface area contributed by atoms with Gasteiger partial charge in [-0.2, -0.15) is 0 Å². The topological polar surface area (TPSA) is 0 Å². The van der Waals surface area contributed by atoms with Crippen LogP contribution in [0.25, 0.3) is 0 Å². The second-order valence-electron chi connectivity index (χ2n) is 4.05. The molecule has 0 heterocycles. The first-order valence-corrected chi connectivity index (χ1v) is 5.54. The first kappa shape index (κ1) is 12.0. The SMILES string of the molecule is CCC(C)c1ccc(C/C=C(\C)F)cc1. The summed E-state index contributed by atoms with van der Waals surface area (Å²) in [5.74, 6) is 0.499. The van der Waals surface area contributed by atoms with Crippen LogP contribution in [0.5, 0.6) is 0 Å². The van der Waals surface area contributed by atoms with Crippen molar-refractivity contribution < 1.29 is 4.39 Å². The highest BCUT2D eigenvalue weighted by Gasteiger charge is 2.01. The van der Waals surface area contributed by atoms with Gasteiger partial charge in [-0.25, -0.2) is 4.39 Å². The minimum atomic E-state index is -0.110. The lowest BCUT2D eigenvalue weighted by Gasteiger charge is -2.08. The average Bonchev–Trinajstić information content (AvgIpc) is 2.26. The van der Waals surface area contributed by atoms with Crippen LogP contribution in [-0.4, -0.2) is 0 Å². The third-order valence-corrected chi connectivity index (χ3v) is 2.78. The van der Waals surface area contributed by atoms with E-state index in [1.54, 1.807) is 6.08 Å². The molecule has 0 saturated carbocycles. The number of halogens is 1. The molecule has 0 aliphatic rings. The molecule has 82 valence electrons. The molecule has 0 spiro atoms. The molecule has 1 atom stereocenters. The summed E-state index contributed by atoms with van der Waals surface area (Å²) in [7, 11) is 0. The van der Waals surface area contributed by atoms with E-state index in [4.69, 9.17) is 0 Å². The molecule has 15 heavy (non-hydrogen) atoms. The van der Waals surface area contributed by atoms with Crippen LogP contribution in [0.4, 0.5) is 4.39 Å². The molecule has 0 radical (unpaired) electrons. The van der Waals surface area contributed by atoms with Gasteiger partial charge in [0.1, 0.15) is 0 Å². The van der Waals surface area contributed by atoms with E-state index in [2.05, 4.69) is 38.1 Å². The van der Waals surface area contributed by atoms with Gasteiger partial charge in [-0.05, 0) is 42.9 Å². The van der Waals surface area contributed by atoms with Crippen molar-refractivity contribution in [2.45, 2.75) is 39.5 Å². The maximum atomic E-state index is 12.5. The van der Waals surface area contributed by atoms with Gasteiger partial charge in [-0.3, -0.25) is 0 Å². The highest BCUT2D eigenvalue weighted by Crippen LogP contribution is 2.19. The summed E-state index contributed by atoms with van der Waals surface area (Å²) >= 11 is 0.